The molecule has 5 nitrogen and oxygen atoms in total. The molecule has 1 aromatic carbocycles. The summed E-state index contributed by atoms with van der Waals surface area (Å²) < 4.78 is 1.27. The fourth-order valence-electron chi connectivity index (χ4n) is 1.42. The first-order chi connectivity index (χ1) is 7.36. The van der Waals surface area contributed by atoms with Gasteiger partial charge in [0.1, 0.15) is 12.4 Å². The van der Waals surface area contributed by atoms with Crippen molar-refractivity contribution in [3.63, 3.8) is 0 Å². The van der Waals surface area contributed by atoms with Gasteiger partial charge in [-0.15, -0.1) is 5.10 Å². The summed E-state index contributed by atoms with van der Waals surface area (Å²) in [6.07, 6.45) is 0. The summed E-state index contributed by atoms with van der Waals surface area (Å²) in [5.74, 6) is 0. The summed E-state index contributed by atoms with van der Waals surface area (Å²) in [6, 6.07) is 9.43. The Balaban J connectivity index is 2.49. The van der Waals surface area contributed by atoms with E-state index in [1.165, 1.54) is 4.68 Å². The maximum atomic E-state index is 9.17. The van der Waals surface area contributed by atoms with Crippen LogP contribution in [-0.2, 0) is 13.3 Å². The van der Waals surface area contributed by atoms with Crippen LogP contribution < -0.4 is 0 Å². The van der Waals surface area contributed by atoms with Crippen LogP contribution >= 0.6 is 0 Å². The van der Waals surface area contributed by atoms with E-state index in [4.69, 9.17) is 10.2 Å². The van der Waals surface area contributed by atoms with Crippen molar-refractivity contribution in [1.29, 1.82) is 0 Å². The minimum atomic E-state index is -0.282. The second kappa shape index (κ2) is 4.20. The fourth-order valence-corrected chi connectivity index (χ4v) is 1.42. The third-order valence-corrected chi connectivity index (χ3v) is 2.17. The Morgan fingerprint density at radius 2 is 1.87 bits per heavy atom. The number of nitrogens with zero attached hydrogens (tertiary/aromatic N) is 3. The molecule has 0 fully saturated rings. The molecule has 1 heterocycles. The highest BCUT2D eigenvalue weighted by Gasteiger charge is 2.12. The maximum absolute atomic E-state index is 9.17. The molecule has 0 saturated carbocycles. The third kappa shape index (κ3) is 1.74. The molecular weight excluding hydrogens is 194 g/mol. The van der Waals surface area contributed by atoms with E-state index in [1.54, 1.807) is 0 Å². The first-order valence-corrected chi connectivity index (χ1v) is 4.56. The molecule has 0 amide bonds. The lowest BCUT2D eigenvalue weighted by Gasteiger charge is -2.01. The number of hydrogen-bond acceptors (Lipinski definition) is 4. The Kier molecular flexibility index (Phi) is 2.75. The zero-order valence-corrected chi connectivity index (χ0v) is 8.04. The average molecular weight is 205 g/mol. The zero-order chi connectivity index (χ0) is 10.7. The molecule has 15 heavy (non-hydrogen) atoms. The van der Waals surface area contributed by atoms with Crippen LogP contribution in [0.1, 0.15) is 5.69 Å². The van der Waals surface area contributed by atoms with Crippen LogP contribution in [0.4, 0.5) is 0 Å². The molecule has 5 heteroatoms. The van der Waals surface area contributed by atoms with Crippen molar-refractivity contribution >= 4 is 0 Å². The van der Waals surface area contributed by atoms with Gasteiger partial charge in [-0.1, -0.05) is 35.5 Å². The second-order valence-corrected chi connectivity index (χ2v) is 3.05. The van der Waals surface area contributed by atoms with Gasteiger partial charge in [-0.05, 0) is 0 Å². The first kappa shape index (κ1) is 9.82. The molecule has 2 aromatic rings. The number of aliphatic hydroxyl groups is 2. The predicted octanol–water partition coefficient (Wildman–Crippen LogP) is 0.387. The molecule has 0 aliphatic carbocycles. The Bertz CT molecular complexity index is 439. The molecule has 0 atom stereocenters. The molecule has 0 bridgehead atoms. The standard InChI is InChI=1S/C10H11N3O2/c14-6-9-10(11-12-13(9)7-15)8-4-2-1-3-5-8/h1-5,14-15H,6-7H2. The van der Waals surface area contributed by atoms with E-state index in [-0.39, 0.29) is 13.3 Å². The summed E-state index contributed by atoms with van der Waals surface area (Å²) in [5.41, 5.74) is 2.00. The van der Waals surface area contributed by atoms with Gasteiger partial charge < -0.3 is 10.2 Å². The molecule has 0 spiro atoms. The largest absolute Gasteiger partial charge is 0.390 e. The lowest BCUT2D eigenvalue weighted by Crippen LogP contribution is -2.04. The molecule has 0 aliphatic heterocycles. The van der Waals surface area contributed by atoms with Crippen molar-refractivity contribution in [3.05, 3.63) is 36.0 Å². The summed E-state index contributed by atoms with van der Waals surface area (Å²) in [6.45, 7) is -0.479. The van der Waals surface area contributed by atoms with Gasteiger partial charge in [-0.2, -0.15) is 0 Å². The fraction of sp³-hybridized carbons (Fsp3) is 0.200. The molecular formula is C10H11N3O2. The summed E-state index contributed by atoms with van der Waals surface area (Å²) in [7, 11) is 0. The van der Waals surface area contributed by atoms with E-state index in [2.05, 4.69) is 10.3 Å². The van der Waals surface area contributed by atoms with E-state index in [0.717, 1.165) is 5.56 Å². The molecule has 0 saturated heterocycles. The van der Waals surface area contributed by atoms with Crippen LogP contribution in [0.25, 0.3) is 11.3 Å². The number of aliphatic hydroxyl groups excluding tert-OH is 2. The molecule has 1 aromatic heterocycles. The van der Waals surface area contributed by atoms with Crippen molar-refractivity contribution < 1.29 is 10.2 Å². The highest BCUT2D eigenvalue weighted by atomic mass is 16.3. The molecule has 2 rings (SSSR count). The summed E-state index contributed by atoms with van der Waals surface area (Å²) in [5, 5.41) is 25.8. The normalized spacial score (nSPS) is 10.5. The molecule has 2 N–H and O–H groups in total. The van der Waals surface area contributed by atoms with Gasteiger partial charge in [0.25, 0.3) is 0 Å². The Morgan fingerprint density at radius 1 is 1.13 bits per heavy atom. The van der Waals surface area contributed by atoms with Gasteiger partial charge >= 0.3 is 0 Å². The minimum absolute atomic E-state index is 0.197. The second-order valence-electron chi connectivity index (χ2n) is 3.05. The third-order valence-electron chi connectivity index (χ3n) is 2.17. The van der Waals surface area contributed by atoms with Crippen LogP contribution in [0, 0.1) is 0 Å². The smallest absolute Gasteiger partial charge is 0.138 e. The van der Waals surface area contributed by atoms with E-state index >= 15 is 0 Å². The van der Waals surface area contributed by atoms with Crippen molar-refractivity contribution in [1.82, 2.24) is 15.0 Å². The van der Waals surface area contributed by atoms with E-state index < -0.39 is 0 Å². The number of aromatic nitrogens is 3. The quantitative estimate of drug-likeness (QED) is 0.760. The molecule has 0 radical (unpaired) electrons. The van der Waals surface area contributed by atoms with Crippen molar-refractivity contribution in [3.8, 4) is 11.3 Å². The van der Waals surface area contributed by atoms with Gasteiger partial charge in [-0.3, -0.25) is 0 Å². The van der Waals surface area contributed by atoms with Crippen LogP contribution in [0.2, 0.25) is 0 Å². The van der Waals surface area contributed by atoms with Gasteiger partial charge in [0.2, 0.25) is 0 Å². The average Bonchev–Trinajstić information content (AvgIpc) is 2.72. The molecule has 0 unspecified atom stereocenters. The van der Waals surface area contributed by atoms with E-state index in [9.17, 15) is 0 Å². The Hall–Kier alpha value is -1.72. The van der Waals surface area contributed by atoms with Crippen molar-refractivity contribution in [2.75, 3.05) is 0 Å². The number of hydrogen-bond donors (Lipinski definition) is 2. The van der Waals surface area contributed by atoms with Gasteiger partial charge in [0.05, 0.1) is 12.3 Å². The monoisotopic (exact) mass is 205 g/mol. The van der Waals surface area contributed by atoms with Crippen LogP contribution in [0.5, 0.6) is 0 Å². The summed E-state index contributed by atoms with van der Waals surface area (Å²) >= 11 is 0. The Morgan fingerprint density at radius 3 is 2.47 bits per heavy atom. The number of benzene rings is 1. The van der Waals surface area contributed by atoms with Crippen molar-refractivity contribution in [2.45, 2.75) is 13.3 Å². The van der Waals surface area contributed by atoms with Crippen molar-refractivity contribution in [2.24, 2.45) is 0 Å². The first-order valence-electron chi connectivity index (χ1n) is 4.56. The zero-order valence-electron chi connectivity index (χ0n) is 8.04. The predicted molar refractivity (Wildman–Crippen MR) is 53.6 cm³/mol. The summed E-state index contributed by atoms with van der Waals surface area (Å²) in [4.78, 5) is 0. The number of rotatable bonds is 3. The van der Waals surface area contributed by atoms with Gasteiger partial charge in [0, 0.05) is 5.56 Å². The van der Waals surface area contributed by atoms with Crippen LogP contribution in [0.3, 0.4) is 0 Å². The SMILES string of the molecule is OCc1c(-c2ccccc2)nnn1CO. The topological polar surface area (TPSA) is 71.2 Å². The Labute approximate surface area is 86.6 Å². The van der Waals surface area contributed by atoms with Gasteiger partial charge in [0.15, 0.2) is 0 Å². The lowest BCUT2D eigenvalue weighted by molar-refractivity contribution is 0.176. The van der Waals surface area contributed by atoms with Crippen LogP contribution in [-0.4, -0.2) is 25.2 Å². The maximum Gasteiger partial charge on any atom is 0.138 e. The van der Waals surface area contributed by atoms with Crippen LogP contribution in [0.15, 0.2) is 30.3 Å². The lowest BCUT2D eigenvalue weighted by atomic mass is 10.1. The van der Waals surface area contributed by atoms with Gasteiger partial charge in [-0.25, -0.2) is 4.68 Å². The minimum Gasteiger partial charge on any atom is -0.390 e. The molecule has 0 aliphatic rings. The molecule has 78 valence electrons. The highest BCUT2D eigenvalue weighted by Crippen LogP contribution is 2.20. The van der Waals surface area contributed by atoms with E-state index in [0.29, 0.717) is 11.4 Å². The van der Waals surface area contributed by atoms with E-state index in [1.807, 2.05) is 30.3 Å². The highest BCUT2D eigenvalue weighted by molar-refractivity contribution is 5.60.